The first-order chi connectivity index (χ1) is 12.1. The van der Waals surface area contributed by atoms with Crippen LogP contribution in [0.1, 0.15) is 37.9 Å². The minimum Gasteiger partial charge on any atom is -0.310 e. The van der Waals surface area contributed by atoms with Gasteiger partial charge in [0, 0.05) is 5.54 Å². The maximum absolute atomic E-state index is 13.1. The van der Waals surface area contributed by atoms with E-state index in [4.69, 9.17) is 0 Å². The van der Waals surface area contributed by atoms with E-state index in [0.29, 0.717) is 0 Å². The molecule has 5 nitrogen and oxygen atoms in total. The molecule has 0 spiro atoms. The summed E-state index contributed by atoms with van der Waals surface area (Å²) in [4.78, 5) is 14.9. The maximum Gasteiger partial charge on any atom is 0.335 e. The van der Waals surface area contributed by atoms with E-state index in [9.17, 15) is 13.2 Å². The number of carbonyl (C=O) groups excluding carboxylic acids is 1. The summed E-state index contributed by atoms with van der Waals surface area (Å²) < 4.78 is 27.2. The van der Waals surface area contributed by atoms with Crippen LogP contribution in [-0.4, -0.2) is 35.7 Å². The van der Waals surface area contributed by atoms with Gasteiger partial charge in [0.25, 0.3) is 10.0 Å². The molecule has 1 aliphatic heterocycles. The predicted molar refractivity (Wildman–Crippen MR) is 101 cm³/mol. The molecule has 0 radical (unpaired) electrons. The first kappa shape index (κ1) is 18.5. The largest absolute Gasteiger partial charge is 0.335 e. The van der Waals surface area contributed by atoms with E-state index >= 15 is 0 Å². The van der Waals surface area contributed by atoms with Crippen LogP contribution in [0.15, 0.2) is 59.5 Å². The van der Waals surface area contributed by atoms with Crippen LogP contribution in [0.4, 0.5) is 4.79 Å². The van der Waals surface area contributed by atoms with Crippen molar-refractivity contribution in [3.05, 3.63) is 65.7 Å². The molecule has 138 valence electrons. The molecule has 0 bridgehead atoms. The number of amides is 2. The fourth-order valence-electron chi connectivity index (χ4n) is 3.29. The molecule has 1 heterocycles. The molecule has 1 unspecified atom stereocenters. The topological polar surface area (TPSA) is 57.7 Å². The van der Waals surface area contributed by atoms with Crippen LogP contribution >= 0.6 is 0 Å². The number of carbonyl (C=O) groups is 1. The minimum absolute atomic E-state index is 0.107. The number of hydrogen-bond acceptors (Lipinski definition) is 3. The Labute approximate surface area is 155 Å². The van der Waals surface area contributed by atoms with Gasteiger partial charge in [0.15, 0.2) is 0 Å². The third-order valence-electron chi connectivity index (χ3n) is 4.59. The first-order valence-corrected chi connectivity index (χ1v) is 10.0. The maximum atomic E-state index is 13.1. The van der Waals surface area contributed by atoms with Crippen molar-refractivity contribution in [2.24, 2.45) is 0 Å². The zero-order valence-corrected chi connectivity index (χ0v) is 16.3. The molecule has 1 saturated heterocycles. The van der Waals surface area contributed by atoms with Gasteiger partial charge in [0.1, 0.15) is 0 Å². The second-order valence-electron chi connectivity index (χ2n) is 7.60. The number of sulfonamides is 1. The average molecular weight is 372 g/mol. The van der Waals surface area contributed by atoms with Crippen LogP contribution in [0.3, 0.4) is 0 Å². The molecule has 0 N–H and O–H groups in total. The van der Waals surface area contributed by atoms with Crippen molar-refractivity contribution < 1.29 is 13.2 Å². The second-order valence-corrected chi connectivity index (χ2v) is 9.46. The molecular weight excluding hydrogens is 348 g/mol. The fraction of sp³-hybridized carbons (Fsp3) is 0.350. The fourth-order valence-corrected chi connectivity index (χ4v) is 4.66. The number of aryl methyl sites for hydroxylation is 1. The molecule has 2 amide bonds. The van der Waals surface area contributed by atoms with Gasteiger partial charge in [0.05, 0.1) is 17.5 Å². The van der Waals surface area contributed by atoms with Crippen LogP contribution in [0.5, 0.6) is 0 Å². The highest BCUT2D eigenvalue weighted by Crippen LogP contribution is 2.38. The van der Waals surface area contributed by atoms with Crippen LogP contribution in [0, 0.1) is 6.92 Å². The van der Waals surface area contributed by atoms with Gasteiger partial charge in [-0.25, -0.2) is 17.5 Å². The number of rotatable bonds is 3. The van der Waals surface area contributed by atoms with Gasteiger partial charge in [-0.15, -0.1) is 0 Å². The van der Waals surface area contributed by atoms with Crippen LogP contribution in [-0.2, 0) is 10.0 Å². The third-order valence-corrected chi connectivity index (χ3v) is 6.34. The summed E-state index contributed by atoms with van der Waals surface area (Å²) in [7, 11) is -3.90. The summed E-state index contributed by atoms with van der Waals surface area (Å²) in [5, 5.41) is 0. The Morgan fingerprint density at radius 3 is 2.08 bits per heavy atom. The quantitative estimate of drug-likeness (QED) is 0.819. The Balaban J connectivity index is 2.04. The molecule has 26 heavy (non-hydrogen) atoms. The molecular formula is C20H24N2O3S. The molecule has 1 atom stereocenters. The standard InChI is InChI=1S/C20H24N2O3S/c1-15-10-12-17(13-11-15)26(24,25)21-14-18(16-8-6-5-7-9-16)22(19(21)23)20(2,3)4/h5-13,18H,14H2,1-4H3. The summed E-state index contributed by atoms with van der Waals surface area (Å²) in [6.07, 6.45) is 0. The first-order valence-electron chi connectivity index (χ1n) is 8.60. The lowest BCUT2D eigenvalue weighted by atomic mass is 10.00. The molecule has 0 aromatic heterocycles. The van der Waals surface area contributed by atoms with Crippen molar-refractivity contribution in [2.75, 3.05) is 6.54 Å². The summed E-state index contributed by atoms with van der Waals surface area (Å²) >= 11 is 0. The Bertz CT molecular complexity index is 900. The zero-order chi connectivity index (χ0) is 19.1. The van der Waals surface area contributed by atoms with Crippen LogP contribution in [0.2, 0.25) is 0 Å². The van der Waals surface area contributed by atoms with Crippen molar-refractivity contribution in [1.29, 1.82) is 0 Å². The van der Waals surface area contributed by atoms with E-state index in [1.807, 2.05) is 58.0 Å². The Morgan fingerprint density at radius 2 is 1.54 bits per heavy atom. The van der Waals surface area contributed by atoms with Crippen molar-refractivity contribution >= 4 is 16.1 Å². The monoisotopic (exact) mass is 372 g/mol. The van der Waals surface area contributed by atoms with E-state index < -0.39 is 21.6 Å². The molecule has 1 fully saturated rings. The number of urea groups is 1. The smallest absolute Gasteiger partial charge is 0.310 e. The van der Waals surface area contributed by atoms with Crippen molar-refractivity contribution in [3.8, 4) is 0 Å². The van der Waals surface area contributed by atoms with E-state index in [2.05, 4.69) is 0 Å². The van der Waals surface area contributed by atoms with Gasteiger partial charge >= 0.3 is 6.03 Å². The summed E-state index contributed by atoms with van der Waals surface area (Å²) in [6.45, 7) is 7.76. The lowest BCUT2D eigenvalue weighted by molar-refractivity contribution is 0.138. The van der Waals surface area contributed by atoms with Crippen LogP contribution < -0.4 is 0 Å². The van der Waals surface area contributed by atoms with E-state index in [-0.39, 0.29) is 17.5 Å². The van der Waals surface area contributed by atoms with Crippen LogP contribution in [0.25, 0.3) is 0 Å². The average Bonchev–Trinajstić information content (AvgIpc) is 2.94. The molecule has 0 saturated carbocycles. The summed E-state index contributed by atoms with van der Waals surface area (Å²) in [5.74, 6) is 0. The van der Waals surface area contributed by atoms with E-state index in [1.54, 1.807) is 29.2 Å². The molecule has 3 rings (SSSR count). The summed E-state index contributed by atoms with van der Waals surface area (Å²) in [6, 6.07) is 15.4. The van der Waals surface area contributed by atoms with Gasteiger partial charge < -0.3 is 4.90 Å². The number of benzene rings is 2. The third kappa shape index (κ3) is 3.21. The Hall–Kier alpha value is -2.34. The molecule has 2 aromatic carbocycles. The van der Waals surface area contributed by atoms with Gasteiger partial charge in [0.2, 0.25) is 0 Å². The second kappa shape index (κ2) is 6.43. The van der Waals surface area contributed by atoms with E-state index in [0.717, 1.165) is 15.4 Å². The van der Waals surface area contributed by atoms with Crippen molar-refractivity contribution in [3.63, 3.8) is 0 Å². The van der Waals surface area contributed by atoms with Crippen molar-refractivity contribution in [1.82, 2.24) is 9.21 Å². The van der Waals surface area contributed by atoms with Gasteiger partial charge in [-0.1, -0.05) is 48.0 Å². The van der Waals surface area contributed by atoms with Crippen molar-refractivity contribution in [2.45, 2.75) is 44.2 Å². The SMILES string of the molecule is Cc1ccc(S(=O)(=O)N2CC(c3ccccc3)N(C(C)(C)C)C2=O)cc1. The Kier molecular flexibility index (Phi) is 4.56. The van der Waals surface area contributed by atoms with Gasteiger partial charge in [-0.05, 0) is 45.4 Å². The summed E-state index contributed by atoms with van der Waals surface area (Å²) in [5.41, 5.74) is 1.39. The minimum atomic E-state index is -3.90. The van der Waals surface area contributed by atoms with Gasteiger partial charge in [-0.3, -0.25) is 0 Å². The molecule has 0 aliphatic carbocycles. The molecule has 6 heteroatoms. The van der Waals surface area contributed by atoms with Gasteiger partial charge in [-0.2, -0.15) is 0 Å². The predicted octanol–water partition coefficient (Wildman–Crippen LogP) is 3.96. The van der Waals surface area contributed by atoms with E-state index in [1.165, 1.54) is 0 Å². The zero-order valence-electron chi connectivity index (χ0n) is 15.5. The Morgan fingerprint density at radius 1 is 0.962 bits per heavy atom. The molecule has 2 aromatic rings. The lowest BCUT2D eigenvalue weighted by Gasteiger charge is -2.36. The lowest BCUT2D eigenvalue weighted by Crippen LogP contribution is -2.46. The number of hydrogen-bond donors (Lipinski definition) is 0. The molecule has 1 aliphatic rings. The highest BCUT2D eigenvalue weighted by Gasteiger charge is 2.48. The number of nitrogens with zero attached hydrogens (tertiary/aromatic N) is 2. The highest BCUT2D eigenvalue weighted by atomic mass is 32.2. The highest BCUT2D eigenvalue weighted by molar-refractivity contribution is 7.89. The normalized spacial score (nSPS) is 18.5.